The van der Waals surface area contributed by atoms with Gasteiger partial charge in [-0.3, -0.25) is 0 Å². The molecule has 0 radical (unpaired) electrons. The van der Waals surface area contributed by atoms with Gasteiger partial charge in [0, 0.05) is 28.8 Å². The van der Waals surface area contributed by atoms with E-state index in [-0.39, 0.29) is 0 Å². The van der Waals surface area contributed by atoms with Gasteiger partial charge in [-0.05, 0) is 32.9 Å². The summed E-state index contributed by atoms with van der Waals surface area (Å²) in [5, 5.41) is 7.22. The molecule has 2 heterocycles. The molecular formula is C12H17N3OS. The molecule has 1 N–H and O–H groups in total. The molecule has 0 spiro atoms. The summed E-state index contributed by atoms with van der Waals surface area (Å²) in [6.07, 6.45) is 0.773. The maximum absolute atomic E-state index is 5.06. The fourth-order valence-electron chi connectivity index (χ4n) is 1.62. The van der Waals surface area contributed by atoms with Gasteiger partial charge < -0.3 is 9.84 Å². The highest BCUT2D eigenvalue weighted by molar-refractivity contribution is 7.12. The highest BCUT2D eigenvalue weighted by Crippen LogP contribution is 2.21. The summed E-state index contributed by atoms with van der Waals surface area (Å²) in [6, 6.07) is 4.70. The summed E-state index contributed by atoms with van der Waals surface area (Å²) in [7, 11) is 0. The van der Waals surface area contributed by atoms with Crippen LogP contribution >= 0.6 is 11.3 Å². The molecule has 0 bridgehead atoms. The molecule has 0 amide bonds. The first-order chi connectivity index (χ1) is 8.15. The van der Waals surface area contributed by atoms with E-state index >= 15 is 0 Å². The van der Waals surface area contributed by atoms with Crippen LogP contribution in [0.4, 0.5) is 0 Å². The van der Waals surface area contributed by atoms with E-state index in [9.17, 15) is 0 Å². The normalized spacial score (nSPS) is 12.9. The fraction of sp³-hybridized carbons (Fsp3) is 0.500. The van der Waals surface area contributed by atoms with E-state index in [1.54, 1.807) is 0 Å². The molecule has 0 aliphatic rings. The molecule has 0 aliphatic carbocycles. The summed E-state index contributed by atoms with van der Waals surface area (Å²) in [6.45, 7) is 6.98. The van der Waals surface area contributed by atoms with Crippen molar-refractivity contribution in [2.24, 2.45) is 0 Å². The third-order valence-corrected chi connectivity index (χ3v) is 3.73. The molecule has 0 aliphatic heterocycles. The number of thiophene rings is 1. The lowest BCUT2D eigenvalue weighted by Gasteiger charge is -2.10. The second kappa shape index (κ2) is 5.42. The van der Waals surface area contributed by atoms with E-state index in [1.165, 1.54) is 9.75 Å². The van der Waals surface area contributed by atoms with Crippen molar-refractivity contribution < 1.29 is 4.52 Å². The van der Waals surface area contributed by atoms with Crippen LogP contribution in [0.15, 0.2) is 16.7 Å². The Bertz CT molecular complexity index is 478. The summed E-state index contributed by atoms with van der Waals surface area (Å²) in [5.74, 6) is 1.39. The van der Waals surface area contributed by atoms with E-state index < -0.39 is 0 Å². The Hall–Kier alpha value is -1.20. The van der Waals surface area contributed by atoms with E-state index in [0.717, 1.165) is 13.0 Å². The van der Waals surface area contributed by atoms with E-state index in [2.05, 4.69) is 41.4 Å². The molecule has 17 heavy (non-hydrogen) atoms. The predicted octanol–water partition coefficient (Wildman–Crippen LogP) is 2.64. The van der Waals surface area contributed by atoms with E-state index in [0.29, 0.717) is 17.8 Å². The molecule has 0 aromatic carbocycles. The Morgan fingerprint density at radius 1 is 1.41 bits per heavy atom. The Kier molecular flexibility index (Phi) is 3.91. The Morgan fingerprint density at radius 3 is 2.82 bits per heavy atom. The largest absolute Gasteiger partial charge is 0.339 e. The van der Waals surface area contributed by atoms with Crippen molar-refractivity contribution in [2.45, 2.75) is 33.2 Å². The van der Waals surface area contributed by atoms with Gasteiger partial charge in [0.2, 0.25) is 5.89 Å². The molecule has 2 aromatic heterocycles. The topological polar surface area (TPSA) is 51.0 Å². The van der Waals surface area contributed by atoms with Crippen LogP contribution in [0, 0.1) is 13.8 Å². The molecule has 2 rings (SSSR count). The van der Waals surface area contributed by atoms with Crippen LogP contribution in [0.1, 0.15) is 34.4 Å². The van der Waals surface area contributed by atoms with E-state index in [4.69, 9.17) is 4.52 Å². The summed E-state index contributed by atoms with van der Waals surface area (Å²) >= 11 is 1.83. The van der Waals surface area contributed by atoms with Gasteiger partial charge >= 0.3 is 0 Å². The molecule has 4 nitrogen and oxygen atoms in total. The number of aryl methyl sites for hydroxylation is 2. The zero-order valence-electron chi connectivity index (χ0n) is 10.4. The van der Waals surface area contributed by atoms with E-state index in [1.807, 2.05) is 18.3 Å². The minimum Gasteiger partial charge on any atom is -0.339 e. The van der Waals surface area contributed by atoms with Gasteiger partial charge in [0.1, 0.15) is 0 Å². The van der Waals surface area contributed by atoms with Crippen LogP contribution in [0.3, 0.4) is 0 Å². The SMILES string of the molecule is Cc1noc(CCNC(C)c2ccc(C)s2)n1. The number of aromatic nitrogens is 2. The molecule has 5 heteroatoms. The van der Waals surface area contributed by atoms with Gasteiger partial charge in [-0.25, -0.2) is 0 Å². The summed E-state index contributed by atoms with van der Waals surface area (Å²) in [5.41, 5.74) is 0. The van der Waals surface area contributed by atoms with Crippen LogP contribution in [-0.4, -0.2) is 16.7 Å². The quantitative estimate of drug-likeness (QED) is 0.887. The molecular weight excluding hydrogens is 234 g/mol. The summed E-state index contributed by atoms with van der Waals surface area (Å²) in [4.78, 5) is 6.88. The first-order valence-electron chi connectivity index (χ1n) is 5.74. The van der Waals surface area contributed by atoms with Gasteiger partial charge in [0.15, 0.2) is 5.82 Å². The second-order valence-electron chi connectivity index (χ2n) is 4.11. The van der Waals surface area contributed by atoms with Crippen molar-refractivity contribution >= 4 is 11.3 Å². The van der Waals surface area contributed by atoms with Crippen molar-refractivity contribution in [3.8, 4) is 0 Å². The maximum atomic E-state index is 5.06. The first kappa shape index (κ1) is 12.3. The van der Waals surface area contributed by atoms with Gasteiger partial charge in [-0.2, -0.15) is 4.98 Å². The number of nitrogens with zero attached hydrogens (tertiary/aromatic N) is 2. The fourth-order valence-corrected chi connectivity index (χ4v) is 2.53. The third-order valence-electron chi connectivity index (χ3n) is 2.55. The smallest absolute Gasteiger partial charge is 0.227 e. The standard InChI is InChI=1S/C12H17N3OS/c1-8-4-5-11(17-8)9(2)13-7-6-12-14-10(3)15-16-12/h4-5,9,13H,6-7H2,1-3H3. The van der Waals surface area contributed by atoms with Crippen molar-refractivity contribution in [3.63, 3.8) is 0 Å². The van der Waals surface area contributed by atoms with Gasteiger partial charge in [-0.15, -0.1) is 11.3 Å². The second-order valence-corrected chi connectivity index (χ2v) is 5.43. The highest BCUT2D eigenvalue weighted by atomic mass is 32.1. The number of rotatable bonds is 5. The Labute approximate surface area is 105 Å². The van der Waals surface area contributed by atoms with Gasteiger partial charge in [-0.1, -0.05) is 5.16 Å². The minimum absolute atomic E-state index is 0.373. The molecule has 1 atom stereocenters. The maximum Gasteiger partial charge on any atom is 0.227 e. The average molecular weight is 251 g/mol. The number of nitrogens with one attached hydrogen (secondary N) is 1. The molecule has 0 saturated carbocycles. The molecule has 2 aromatic rings. The predicted molar refractivity (Wildman–Crippen MR) is 68.2 cm³/mol. The molecule has 0 saturated heterocycles. The minimum atomic E-state index is 0.373. The lowest BCUT2D eigenvalue weighted by Crippen LogP contribution is -2.20. The van der Waals surface area contributed by atoms with Gasteiger partial charge in [0.25, 0.3) is 0 Å². The summed E-state index contributed by atoms with van der Waals surface area (Å²) < 4.78 is 5.06. The first-order valence-corrected chi connectivity index (χ1v) is 6.55. The zero-order chi connectivity index (χ0) is 12.3. The lowest BCUT2D eigenvalue weighted by atomic mass is 10.2. The monoisotopic (exact) mass is 251 g/mol. The van der Waals surface area contributed by atoms with Crippen molar-refractivity contribution in [2.75, 3.05) is 6.54 Å². The Balaban J connectivity index is 1.78. The van der Waals surface area contributed by atoms with Crippen molar-refractivity contribution in [3.05, 3.63) is 33.6 Å². The van der Waals surface area contributed by atoms with Crippen molar-refractivity contribution in [1.29, 1.82) is 0 Å². The number of hydrogen-bond donors (Lipinski definition) is 1. The zero-order valence-corrected chi connectivity index (χ0v) is 11.2. The van der Waals surface area contributed by atoms with Gasteiger partial charge in [0.05, 0.1) is 0 Å². The highest BCUT2D eigenvalue weighted by Gasteiger charge is 2.08. The van der Waals surface area contributed by atoms with Crippen LogP contribution in [-0.2, 0) is 6.42 Å². The molecule has 92 valence electrons. The number of hydrogen-bond acceptors (Lipinski definition) is 5. The van der Waals surface area contributed by atoms with Crippen LogP contribution < -0.4 is 5.32 Å². The average Bonchev–Trinajstić information content (AvgIpc) is 2.88. The van der Waals surface area contributed by atoms with Crippen molar-refractivity contribution in [1.82, 2.24) is 15.5 Å². The van der Waals surface area contributed by atoms with Crippen LogP contribution in [0.2, 0.25) is 0 Å². The van der Waals surface area contributed by atoms with Crippen LogP contribution in [0.25, 0.3) is 0 Å². The third kappa shape index (κ3) is 3.38. The molecule has 1 unspecified atom stereocenters. The Morgan fingerprint density at radius 2 is 2.24 bits per heavy atom. The molecule has 0 fully saturated rings. The lowest BCUT2D eigenvalue weighted by molar-refractivity contribution is 0.370. The van der Waals surface area contributed by atoms with Crippen LogP contribution in [0.5, 0.6) is 0 Å².